The second kappa shape index (κ2) is 11.3. The molecule has 0 bridgehead atoms. The van der Waals surface area contributed by atoms with Crippen molar-refractivity contribution in [1.29, 1.82) is 0 Å². The van der Waals surface area contributed by atoms with Crippen molar-refractivity contribution in [1.82, 2.24) is 5.32 Å². The molecule has 0 saturated heterocycles. The lowest BCUT2D eigenvalue weighted by Crippen LogP contribution is -2.16. The molecule has 0 heterocycles. The van der Waals surface area contributed by atoms with Gasteiger partial charge in [0.1, 0.15) is 23.9 Å². The number of carbonyl (C=O) groups is 1. The quantitative estimate of drug-likeness (QED) is 0.406. The summed E-state index contributed by atoms with van der Waals surface area (Å²) in [5.41, 5.74) is 5.90. The Morgan fingerprint density at radius 2 is 1.77 bits per heavy atom. The van der Waals surface area contributed by atoms with Crippen LogP contribution in [0.25, 0.3) is 11.1 Å². The molecule has 1 N–H and O–H groups in total. The minimum atomic E-state index is 0.227. The average molecular weight is 418 g/mol. The molecule has 3 aromatic rings. The van der Waals surface area contributed by atoms with E-state index in [0.29, 0.717) is 19.6 Å². The maximum atomic E-state index is 11.0. The van der Waals surface area contributed by atoms with Crippen molar-refractivity contribution in [2.45, 2.75) is 39.8 Å². The van der Waals surface area contributed by atoms with Crippen molar-refractivity contribution < 1.29 is 14.3 Å². The fraction of sp³-hybridized carbons (Fsp3) is 0.296. The maximum Gasteiger partial charge on any atom is 0.129 e. The molecule has 4 heteroatoms. The molecular formula is C27H31NO3. The van der Waals surface area contributed by atoms with Gasteiger partial charge in [0.05, 0.1) is 7.11 Å². The van der Waals surface area contributed by atoms with Gasteiger partial charge in [-0.2, -0.15) is 0 Å². The van der Waals surface area contributed by atoms with Crippen molar-refractivity contribution in [2.24, 2.45) is 0 Å². The van der Waals surface area contributed by atoms with Crippen LogP contribution >= 0.6 is 0 Å². The summed E-state index contributed by atoms with van der Waals surface area (Å²) in [6.07, 6.45) is 1.46. The second-order valence-corrected chi connectivity index (χ2v) is 7.70. The van der Waals surface area contributed by atoms with Crippen LogP contribution < -0.4 is 14.8 Å². The first-order valence-electron chi connectivity index (χ1n) is 10.7. The lowest BCUT2D eigenvalue weighted by atomic mass is 9.97. The monoisotopic (exact) mass is 417 g/mol. The highest BCUT2D eigenvalue weighted by molar-refractivity contribution is 5.75. The van der Waals surface area contributed by atoms with Crippen molar-refractivity contribution in [3.05, 3.63) is 83.4 Å². The topological polar surface area (TPSA) is 47.6 Å². The molecule has 0 aliphatic rings. The smallest absolute Gasteiger partial charge is 0.129 e. The summed E-state index contributed by atoms with van der Waals surface area (Å²) in [7, 11) is 1.67. The Hall–Kier alpha value is -3.11. The van der Waals surface area contributed by atoms with Gasteiger partial charge >= 0.3 is 0 Å². The van der Waals surface area contributed by atoms with E-state index in [1.165, 1.54) is 16.7 Å². The van der Waals surface area contributed by atoms with Gasteiger partial charge in [-0.1, -0.05) is 54.6 Å². The number of Topliss-reactive ketones (excluding diaryl/α,β-unsaturated/α-hetero) is 1. The van der Waals surface area contributed by atoms with Crippen molar-refractivity contribution >= 4 is 5.78 Å². The van der Waals surface area contributed by atoms with Crippen LogP contribution in [0.2, 0.25) is 0 Å². The second-order valence-electron chi connectivity index (χ2n) is 7.70. The first-order chi connectivity index (χ1) is 15.1. The van der Waals surface area contributed by atoms with Crippen molar-refractivity contribution in [2.75, 3.05) is 13.7 Å². The Balaban J connectivity index is 1.62. The van der Waals surface area contributed by atoms with Crippen molar-refractivity contribution in [3.63, 3.8) is 0 Å². The number of methoxy groups -OCH3 is 1. The molecule has 0 unspecified atom stereocenters. The zero-order valence-corrected chi connectivity index (χ0v) is 18.6. The Morgan fingerprint density at radius 3 is 2.52 bits per heavy atom. The van der Waals surface area contributed by atoms with Gasteiger partial charge in [0, 0.05) is 24.6 Å². The normalized spacial score (nSPS) is 10.7. The zero-order chi connectivity index (χ0) is 22.1. The number of benzene rings is 3. The van der Waals surface area contributed by atoms with Gasteiger partial charge in [0.2, 0.25) is 0 Å². The van der Waals surface area contributed by atoms with Crippen LogP contribution in [0, 0.1) is 6.92 Å². The summed E-state index contributed by atoms with van der Waals surface area (Å²) in [6, 6.07) is 22.7. The van der Waals surface area contributed by atoms with Gasteiger partial charge in [0.15, 0.2) is 0 Å². The zero-order valence-electron chi connectivity index (χ0n) is 18.6. The Morgan fingerprint density at radius 1 is 0.968 bits per heavy atom. The van der Waals surface area contributed by atoms with Gasteiger partial charge in [-0.15, -0.1) is 0 Å². The Kier molecular flexibility index (Phi) is 8.25. The van der Waals surface area contributed by atoms with Gasteiger partial charge in [0.25, 0.3) is 0 Å². The first kappa shape index (κ1) is 22.6. The molecule has 0 saturated carbocycles. The molecule has 4 nitrogen and oxygen atoms in total. The lowest BCUT2D eigenvalue weighted by Gasteiger charge is -2.15. The van der Waals surface area contributed by atoms with E-state index < -0.39 is 0 Å². The molecule has 0 aliphatic carbocycles. The van der Waals surface area contributed by atoms with Gasteiger partial charge in [-0.25, -0.2) is 0 Å². The molecule has 162 valence electrons. The molecule has 0 aliphatic heterocycles. The fourth-order valence-electron chi connectivity index (χ4n) is 3.58. The highest BCUT2D eigenvalue weighted by Gasteiger charge is 2.09. The Labute approximate surface area is 185 Å². The van der Waals surface area contributed by atoms with Gasteiger partial charge in [-0.3, -0.25) is 0 Å². The summed E-state index contributed by atoms with van der Waals surface area (Å²) in [5.74, 6) is 1.80. The van der Waals surface area contributed by atoms with Gasteiger partial charge < -0.3 is 19.6 Å². The third kappa shape index (κ3) is 6.43. The van der Waals surface area contributed by atoms with E-state index in [4.69, 9.17) is 9.47 Å². The molecule has 0 aromatic heterocycles. The SMILES string of the molecule is COc1cc(OCc2cccc(-c3ccccc3)c2C)ccc1CNCCCC(C)=O. The Bertz CT molecular complexity index is 999. The van der Waals surface area contributed by atoms with E-state index in [2.05, 4.69) is 54.7 Å². The van der Waals surface area contributed by atoms with Crippen LogP contribution in [0.15, 0.2) is 66.7 Å². The summed E-state index contributed by atoms with van der Waals surface area (Å²) in [5, 5.41) is 3.37. The van der Waals surface area contributed by atoms with E-state index in [-0.39, 0.29) is 5.78 Å². The molecule has 0 atom stereocenters. The number of rotatable bonds is 11. The minimum absolute atomic E-state index is 0.227. The molecule has 3 aromatic carbocycles. The summed E-state index contributed by atoms with van der Waals surface area (Å²) >= 11 is 0. The number of ether oxygens (including phenoxy) is 2. The van der Waals surface area contributed by atoms with Crippen LogP contribution in [0.1, 0.15) is 36.5 Å². The summed E-state index contributed by atoms with van der Waals surface area (Å²) in [6.45, 7) is 5.76. The minimum Gasteiger partial charge on any atom is -0.496 e. The van der Waals surface area contributed by atoms with Crippen molar-refractivity contribution in [3.8, 4) is 22.6 Å². The van der Waals surface area contributed by atoms with Crippen LogP contribution in [0.4, 0.5) is 0 Å². The van der Waals surface area contributed by atoms with Crippen LogP contribution in [0.5, 0.6) is 11.5 Å². The molecule has 3 rings (SSSR count). The standard InChI is InChI=1S/C27H31NO3/c1-20(29)9-8-16-28-18-23-14-15-25(17-27(23)30-3)31-19-24-12-7-13-26(21(24)2)22-10-5-4-6-11-22/h4-7,10-15,17,28H,8-9,16,18-19H2,1-3H3. The van der Waals surface area contributed by atoms with E-state index in [9.17, 15) is 4.79 Å². The highest BCUT2D eigenvalue weighted by Crippen LogP contribution is 2.28. The molecule has 0 fully saturated rings. The molecule has 0 spiro atoms. The number of hydrogen-bond donors (Lipinski definition) is 1. The maximum absolute atomic E-state index is 11.0. The van der Waals surface area contributed by atoms with E-state index in [0.717, 1.165) is 35.6 Å². The molecule has 31 heavy (non-hydrogen) atoms. The van der Waals surface area contributed by atoms with Crippen LogP contribution in [0.3, 0.4) is 0 Å². The van der Waals surface area contributed by atoms with E-state index >= 15 is 0 Å². The number of hydrogen-bond acceptors (Lipinski definition) is 4. The lowest BCUT2D eigenvalue weighted by molar-refractivity contribution is -0.117. The fourth-order valence-corrected chi connectivity index (χ4v) is 3.58. The average Bonchev–Trinajstić information content (AvgIpc) is 2.79. The third-order valence-electron chi connectivity index (χ3n) is 5.38. The van der Waals surface area contributed by atoms with Gasteiger partial charge in [-0.05, 0) is 55.1 Å². The van der Waals surface area contributed by atoms with E-state index in [1.54, 1.807) is 14.0 Å². The molecule has 0 radical (unpaired) electrons. The molecule has 0 amide bonds. The van der Waals surface area contributed by atoms with E-state index in [1.807, 2.05) is 24.3 Å². The summed E-state index contributed by atoms with van der Waals surface area (Å²) in [4.78, 5) is 11.0. The predicted octanol–water partition coefficient (Wildman–Crippen LogP) is 5.71. The molecular weight excluding hydrogens is 386 g/mol. The first-order valence-corrected chi connectivity index (χ1v) is 10.7. The number of ketones is 1. The van der Waals surface area contributed by atoms with Crippen LogP contribution in [-0.2, 0) is 17.9 Å². The summed E-state index contributed by atoms with van der Waals surface area (Å²) < 4.78 is 11.7. The number of carbonyl (C=O) groups excluding carboxylic acids is 1. The highest BCUT2D eigenvalue weighted by atomic mass is 16.5. The third-order valence-corrected chi connectivity index (χ3v) is 5.38. The number of nitrogens with one attached hydrogen (secondary N) is 1. The predicted molar refractivity (Wildman–Crippen MR) is 126 cm³/mol. The van der Waals surface area contributed by atoms with Crippen LogP contribution in [-0.4, -0.2) is 19.4 Å². The largest absolute Gasteiger partial charge is 0.496 e.